The number of benzene rings is 1. The Morgan fingerprint density at radius 3 is 2.27 bits per heavy atom. The molecular formula is C24H37N3O9Si. The Bertz CT molecular complexity index is 981. The van der Waals surface area contributed by atoms with Gasteiger partial charge in [0.2, 0.25) is 6.54 Å². The number of carbonyl (C=O) groups excluding carboxylic acids is 2. The highest BCUT2D eigenvalue weighted by Crippen LogP contribution is 2.48. The summed E-state index contributed by atoms with van der Waals surface area (Å²) in [5.41, 5.74) is -1.21. The SMILES string of the molecule is CCOC(=O)CC(C[N+](=O)[O-])[C@@]1(O[SiH](C)C)C[C@H](C(C)(C)C)CN1C(=O)OCc1ccc([N+](=O)[O-])cc1. The van der Waals surface area contributed by atoms with E-state index in [1.54, 1.807) is 6.92 Å². The van der Waals surface area contributed by atoms with Crippen LogP contribution >= 0.6 is 0 Å². The molecule has 1 fully saturated rings. The summed E-state index contributed by atoms with van der Waals surface area (Å²) in [7, 11) is -1.90. The van der Waals surface area contributed by atoms with E-state index in [0.29, 0.717) is 12.0 Å². The van der Waals surface area contributed by atoms with Gasteiger partial charge < -0.3 is 13.9 Å². The summed E-state index contributed by atoms with van der Waals surface area (Å²) in [5.74, 6) is -1.62. The lowest BCUT2D eigenvalue weighted by atomic mass is 9.77. The van der Waals surface area contributed by atoms with Gasteiger partial charge in [-0.3, -0.25) is 29.9 Å². The summed E-state index contributed by atoms with van der Waals surface area (Å²) < 4.78 is 17.2. The number of likely N-dealkylation sites (tertiary alicyclic amines) is 1. The van der Waals surface area contributed by atoms with Gasteiger partial charge >= 0.3 is 12.1 Å². The van der Waals surface area contributed by atoms with Gasteiger partial charge in [0.1, 0.15) is 12.3 Å². The molecule has 2 rings (SSSR count). The van der Waals surface area contributed by atoms with Crippen molar-refractivity contribution in [2.45, 2.75) is 66.0 Å². The van der Waals surface area contributed by atoms with Crippen LogP contribution in [0, 0.1) is 37.5 Å². The molecule has 206 valence electrons. The highest BCUT2D eigenvalue weighted by atomic mass is 28.3. The van der Waals surface area contributed by atoms with Crippen LogP contribution in [0.4, 0.5) is 10.5 Å². The van der Waals surface area contributed by atoms with Crippen LogP contribution in [0.15, 0.2) is 24.3 Å². The van der Waals surface area contributed by atoms with E-state index in [-0.39, 0.29) is 43.2 Å². The number of carbonyl (C=O) groups is 2. The first kappa shape index (κ1) is 30.2. The number of esters is 1. The van der Waals surface area contributed by atoms with Gasteiger partial charge in [0.25, 0.3) is 5.69 Å². The molecule has 37 heavy (non-hydrogen) atoms. The number of nitrogens with zero attached hydrogens (tertiary/aromatic N) is 3. The first-order chi connectivity index (χ1) is 17.2. The number of amides is 1. The molecule has 0 saturated carbocycles. The monoisotopic (exact) mass is 539 g/mol. The van der Waals surface area contributed by atoms with Gasteiger partial charge in [-0.1, -0.05) is 20.8 Å². The van der Waals surface area contributed by atoms with Crippen LogP contribution < -0.4 is 0 Å². The molecule has 13 heteroatoms. The molecule has 0 aromatic heterocycles. The second kappa shape index (κ2) is 12.5. The smallest absolute Gasteiger partial charge is 0.412 e. The third-order valence-electron chi connectivity index (χ3n) is 6.52. The van der Waals surface area contributed by atoms with E-state index in [1.807, 2.05) is 33.9 Å². The summed E-state index contributed by atoms with van der Waals surface area (Å²) in [6.07, 6.45) is -0.692. The molecule has 0 spiro atoms. The Hall–Kier alpha value is -3.06. The number of nitro groups is 2. The zero-order valence-electron chi connectivity index (χ0n) is 22.3. The highest BCUT2D eigenvalue weighted by Gasteiger charge is 2.58. The molecule has 1 aliphatic rings. The van der Waals surface area contributed by atoms with Gasteiger partial charge in [0, 0.05) is 30.0 Å². The van der Waals surface area contributed by atoms with Gasteiger partial charge in [0.05, 0.1) is 23.9 Å². The van der Waals surface area contributed by atoms with E-state index in [0.717, 1.165) is 0 Å². The van der Waals surface area contributed by atoms with E-state index in [9.17, 15) is 29.8 Å². The maximum Gasteiger partial charge on any atom is 0.412 e. The minimum absolute atomic E-state index is 0.0800. The molecule has 1 amide bonds. The lowest BCUT2D eigenvalue weighted by molar-refractivity contribution is -0.494. The number of ether oxygens (including phenoxy) is 2. The van der Waals surface area contributed by atoms with Crippen LogP contribution in [-0.4, -0.2) is 61.3 Å². The number of nitro benzene ring substituents is 1. The molecule has 12 nitrogen and oxygen atoms in total. The minimum Gasteiger partial charge on any atom is -0.466 e. The molecule has 1 aliphatic heterocycles. The van der Waals surface area contributed by atoms with Gasteiger partial charge in [-0.2, -0.15) is 0 Å². The minimum atomic E-state index is -1.90. The molecule has 0 aliphatic carbocycles. The van der Waals surface area contributed by atoms with E-state index >= 15 is 0 Å². The third kappa shape index (κ3) is 7.96. The van der Waals surface area contributed by atoms with Crippen LogP contribution in [0.25, 0.3) is 0 Å². The lowest BCUT2D eigenvalue weighted by Gasteiger charge is -2.43. The van der Waals surface area contributed by atoms with Crippen molar-refractivity contribution in [2.75, 3.05) is 19.7 Å². The van der Waals surface area contributed by atoms with E-state index < -0.39 is 49.1 Å². The van der Waals surface area contributed by atoms with Gasteiger partial charge in [-0.05, 0) is 49.0 Å². The molecule has 0 N–H and O–H groups in total. The normalized spacial score (nSPS) is 20.5. The van der Waals surface area contributed by atoms with Crippen molar-refractivity contribution in [2.24, 2.45) is 17.3 Å². The highest BCUT2D eigenvalue weighted by molar-refractivity contribution is 6.48. The Morgan fingerprint density at radius 1 is 1.16 bits per heavy atom. The van der Waals surface area contributed by atoms with Crippen LogP contribution in [0.2, 0.25) is 13.1 Å². The van der Waals surface area contributed by atoms with Crippen LogP contribution in [-0.2, 0) is 25.3 Å². The Morgan fingerprint density at radius 2 is 1.78 bits per heavy atom. The number of hydrogen-bond acceptors (Lipinski definition) is 9. The zero-order chi connectivity index (χ0) is 28.0. The standard InChI is InChI=1S/C24H37N3O9Si/c1-7-34-21(28)12-18(15-26(30)31)24(36-37(5)6)13-19(23(2,3)4)14-25(24)22(29)35-16-17-8-10-20(11-9-17)27(32)33/h8-11,18-19,37H,7,12-16H2,1-6H3/t18?,19-,24-/m0/s1. The Balaban J connectivity index is 2.45. The summed E-state index contributed by atoms with van der Waals surface area (Å²) in [6.45, 7) is 11.2. The first-order valence-electron chi connectivity index (χ1n) is 12.3. The van der Waals surface area contributed by atoms with Crippen molar-refractivity contribution in [1.29, 1.82) is 0 Å². The average molecular weight is 540 g/mol. The average Bonchev–Trinajstić information content (AvgIpc) is 3.17. The fraction of sp³-hybridized carbons (Fsp3) is 0.667. The van der Waals surface area contributed by atoms with Crippen LogP contribution in [0.5, 0.6) is 0 Å². The number of non-ortho nitro benzene ring substituents is 1. The van der Waals surface area contributed by atoms with Crippen LogP contribution in [0.3, 0.4) is 0 Å². The van der Waals surface area contributed by atoms with Crippen LogP contribution in [0.1, 0.15) is 46.1 Å². The van der Waals surface area contributed by atoms with E-state index in [4.69, 9.17) is 13.9 Å². The van der Waals surface area contributed by atoms with E-state index in [1.165, 1.54) is 29.2 Å². The lowest BCUT2D eigenvalue weighted by Crippen LogP contribution is -2.58. The summed E-state index contributed by atoms with van der Waals surface area (Å²) in [6, 6.07) is 5.63. The molecule has 0 radical (unpaired) electrons. The van der Waals surface area contributed by atoms with Gasteiger partial charge in [-0.25, -0.2) is 4.79 Å². The van der Waals surface area contributed by atoms with Crippen molar-refractivity contribution in [3.05, 3.63) is 50.1 Å². The van der Waals surface area contributed by atoms with Crippen molar-refractivity contribution < 1.29 is 33.3 Å². The molecule has 1 aromatic rings. The summed E-state index contributed by atoms with van der Waals surface area (Å²) in [5, 5.41) is 22.6. The first-order valence-corrected chi connectivity index (χ1v) is 15.1. The molecular weight excluding hydrogens is 502 g/mol. The quantitative estimate of drug-likeness (QED) is 0.175. The predicted molar refractivity (Wildman–Crippen MR) is 137 cm³/mol. The molecule has 1 heterocycles. The molecule has 1 unspecified atom stereocenters. The Kier molecular flexibility index (Phi) is 10.2. The van der Waals surface area contributed by atoms with Gasteiger partial charge in [-0.15, -0.1) is 0 Å². The largest absolute Gasteiger partial charge is 0.466 e. The Labute approximate surface area is 218 Å². The topological polar surface area (TPSA) is 151 Å². The third-order valence-corrected chi connectivity index (χ3v) is 7.40. The second-order valence-electron chi connectivity index (χ2n) is 10.6. The fourth-order valence-electron chi connectivity index (χ4n) is 4.62. The van der Waals surface area contributed by atoms with Gasteiger partial charge in [0.15, 0.2) is 9.04 Å². The molecule has 1 saturated heterocycles. The van der Waals surface area contributed by atoms with E-state index in [2.05, 4.69) is 0 Å². The summed E-state index contributed by atoms with van der Waals surface area (Å²) in [4.78, 5) is 49.0. The van der Waals surface area contributed by atoms with Crippen molar-refractivity contribution in [3.8, 4) is 0 Å². The van der Waals surface area contributed by atoms with Crippen molar-refractivity contribution in [3.63, 3.8) is 0 Å². The summed E-state index contributed by atoms with van der Waals surface area (Å²) >= 11 is 0. The molecule has 3 atom stereocenters. The zero-order valence-corrected chi connectivity index (χ0v) is 23.5. The fourth-order valence-corrected chi connectivity index (χ4v) is 5.85. The number of hydrogen-bond donors (Lipinski definition) is 0. The second-order valence-corrected chi connectivity index (χ2v) is 12.9. The van der Waals surface area contributed by atoms with Crippen molar-refractivity contribution >= 4 is 26.8 Å². The number of rotatable bonds is 11. The maximum absolute atomic E-state index is 13.5. The molecule has 1 aromatic carbocycles. The maximum atomic E-state index is 13.5. The van der Waals surface area contributed by atoms with Crippen molar-refractivity contribution in [1.82, 2.24) is 4.90 Å². The predicted octanol–water partition coefficient (Wildman–Crippen LogP) is 4.14. The molecule has 0 bridgehead atoms.